The standard InChI is InChI=1S/C15H20N4O/c1-12(14-8-5-9-14)19(15(20)10-17-18-16)11-13-6-3-2-4-7-13/h2-4,6-7,12,14H,5,8-11H2,1H3. The van der Waals surface area contributed by atoms with Crippen molar-refractivity contribution < 1.29 is 4.79 Å². The van der Waals surface area contributed by atoms with Crippen LogP contribution in [0.2, 0.25) is 0 Å². The van der Waals surface area contributed by atoms with Gasteiger partial charge in [0, 0.05) is 17.5 Å². The molecule has 0 heterocycles. The molecule has 1 saturated carbocycles. The molecule has 1 unspecified atom stereocenters. The maximum atomic E-state index is 12.3. The van der Waals surface area contributed by atoms with Gasteiger partial charge in [-0.05, 0) is 36.8 Å². The summed E-state index contributed by atoms with van der Waals surface area (Å²) in [5.41, 5.74) is 9.48. The number of amides is 1. The van der Waals surface area contributed by atoms with E-state index in [9.17, 15) is 4.79 Å². The molecule has 0 saturated heterocycles. The van der Waals surface area contributed by atoms with Crippen LogP contribution in [0.4, 0.5) is 0 Å². The summed E-state index contributed by atoms with van der Waals surface area (Å²) >= 11 is 0. The Kier molecular flexibility index (Phi) is 5.02. The average Bonchev–Trinajstić information content (AvgIpc) is 2.41. The van der Waals surface area contributed by atoms with Gasteiger partial charge in [-0.1, -0.05) is 41.9 Å². The molecule has 2 rings (SSSR count). The summed E-state index contributed by atoms with van der Waals surface area (Å²) in [6.45, 7) is 2.58. The van der Waals surface area contributed by atoms with Crippen molar-refractivity contribution in [2.24, 2.45) is 11.0 Å². The Bertz CT molecular complexity index is 492. The van der Waals surface area contributed by atoms with Crippen LogP contribution in [0.5, 0.6) is 0 Å². The third-order valence-corrected chi connectivity index (χ3v) is 4.11. The third kappa shape index (κ3) is 3.52. The van der Waals surface area contributed by atoms with Gasteiger partial charge < -0.3 is 4.90 Å². The van der Waals surface area contributed by atoms with Crippen LogP contribution in [0.1, 0.15) is 31.7 Å². The van der Waals surface area contributed by atoms with Gasteiger partial charge in [0.15, 0.2) is 0 Å². The number of hydrogen-bond donors (Lipinski definition) is 0. The first-order valence-electron chi connectivity index (χ1n) is 7.06. The maximum absolute atomic E-state index is 12.3. The zero-order valence-electron chi connectivity index (χ0n) is 11.8. The normalized spacial score (nSPS) is 15.8. The van der Waals surface area contributed by atoms with Crippen molar-refractivity contribution in [2.45, 2.75) is 38.8 Å². The van der Waals surface area contributed by atoms with Gasteiger partial charge >= 0.3 is 0 Å². The van der Waals surface area contributed by atoms with Gasteiger partial charge in [-0.2, -0.15) is 0 Å². The summed E-state index contributed by atoms with van der Waals surface area (Å²) in [7, 11) is 0. The van der Waals surface area contributed by atoms with Crippen LogP contribution in [0.25, 0.3) is 10.4 Å². The smallest absolute Gasteiger partial charge is 0.228 e. The lowest BCUT2D eigenvalue weighted by molar-refractivity contribution is -0.134. The van der Waals surface area contributed by atoms with E-state index in [4.69, 9.17) is 5.53 Å². The predicted octanol–water partition coefficient (Wildman–Crippen LogP) is 3.51. The van der Waals surface area contributed by atoms with Crippen molar-refractivity contribution in [3.63, 3.8) is 0 Å². The number of azide groups is 1. The second kappa shape index (κ2) is 6.96. The highest BCUT2D eigenvalue weighted by Crippen LogP contribution is 2.32. The van der Waals surface area contributed by atoms with E-state index in [2.05, 4.69) is 16.9 Å². The van der Waals surface area contributed by atoms with E-state index in [1.54, 1.807) is 0 Å². The first kappa shape index (κ1) is 14.4. The molecule has 1 aliphatic rings. The quantitative estimate of drug-likeness (QED) is 0.444. The minimum absolute atomic E-state index is 0.0916. The lowest BCUT2D eigenvalue weighted by Crippen LogP contribution is -2.45. The van der Waals surface area contributed by atoms with Crippen LogP contribution in [0.15, 0.2) is 35.4 Å². The van der Waals surface area contributed by atoms with Crippen LogP contribution in [-0.4, -0.2) is 23.4 Å². The van der Waals surface area contributed by atoms with Crippen LogP contribution in [-0.2, 0) is 11.3 Å². The molecule has 0 radical (unpaired) electrons. The molecular formula is C15H20N4O. The van der Waals surface area contributed by atoms with Crippen LogP contribution < -0.4 is 0 Å². The van der Waals surface area contributed by atoms with Crippen molar-refractivity contribution in [3.8, 4) is 0 Å². The molecule has 1 aliphatic carbocycles. The molecule has 1 fully saturated rings. The van der Waals surface area contributed by atoms with Crippen LogP contribution in [0.3, 0.4) is 0 Å². The largest absolute Gasteiger partial charge is 0.335 e. The Balaban J connectivity index is 2.10. The summed E-state index contributed by atoms with van der Waals surface area (Å²) in [5, 5.41) is 3.41. The van der Waals surface area contributed by atoms with E-state index in [0.29, 0.717) is 12.5 Å². The molecule has 0 aliphatic heterocycles. The number of hydrogen-bond acceptors (Lipinski definition) is 2. The zero-order valence-corrected chi connectivity index (χ0v) is 11.8. The first-order valence-corrected chi connectivity index (χ1v) is 7.06. The topological polar surface area (TPSA) is 69.1 Å². The molecule has 5 heteroatoms. The molecule has 5 nitrogen and oxygen atoms in total. The fourth-order valence-electron chi connectivity index (χ4n) is 2.60. The van der Waals surface area contributed by atoms with E-state index in [1.165, 1.54) is 19.3 Å². The number of rotatable bonds is 6. The highest BCUT2D eigenvalue weighted by molar-refractivity contribution is 5.78. The van der Waals surface area contributed by atoms with Crippen molar-refractivity contribution in [2.75, 3.05) is 6.54 Å². The second-order valence-electron chi connectivity index (χ2n) is 5.33. The molecular weight excluding hydrogens is 252 g/mol. The SMILES string of the molecule is CC(C1CCC1)N(Cc1ccccc1)C(=O)CN=[N+]=[N-]. The fraction of sp³-hybridized carbons (Fsp3) is 0.533. The highest BCUT2D eigenvalue weighted by Gasteiger charge is 2.30. The minimum atomic E-state index is -0.0968. The Morgan fingerprint density at radius 1 is 1.45 bits per heavy atom. The highest BCUT2D eigenvalue weighted by atomic mass is 16.2. The maximum Gasteiger partial charge on any atom is 0.228 e. The Hall–Kier alpha value is -2.00. The number of benzene rings is 1. The molecule has 0 bridgehead atoms. The molecule has 1 aromatic carbocycles. The Labute approximate surface area is 119 Å². The number of carbonyl (C=O) groups excluding carboxylic acids is 1. The number of nitrogens with zero attached hydrogens (tertiary/aromatic N) is 4. The van der Waals surface area contributed by atoms with Crippen LogP contribution >= 0.6 is 0 Å². The number of carbonyl (C=O) groups is 1. The van der Waals surface area contributed by atoms with E-state index in [-0.39, 0.29) is 18.5 Å². The van der Waals surface area contributed by atoms with Gasteiger partial charge in [0.05, 0.1) is 0 Å². The van der Waals surface area contributed by atoms with E-state index in [1.807, 2.05) is 35.2 Å². The van der Waals surface area contributed by atoms with Crippen molar-refractivity contribution in [3.05, 3.63) is 46.3 Å². The Morgan fingerprint density at radius 2 is 2.15 bits per heavy atom. The monoisotopic (exact) mass is 272 g/mol. The van der Waals surface area contributed by atoms with Gasteiger partial charge in [0.25, 0.3) is 0 Å². The average molecular weight is 272 g/mol. The lowest BCUT2D eigenvalue weighted by Gasteiger charge is -2.39. The Morgan fingerprint density at radius 3 is 2.70 bits per heavy atom. The van der Waals surface area contributed by atoms with E-state index in [0.717, 1.165) is 5.56 Å². The molecule has 0 N–H and O–H groups in total. The van der Waals surface area contributed by atoms with Gasteiger partial charge in [-0.25, -0.2) is 0 Å². The molecule has 106 valence electrons. The van der Waals surface area contributed by atoms with Gasteiger partial charge in [0.1, 0.15) is 6.54 Å². The second-order valence-corrected chi connectivity index (χ2v) is 5.33. The third-order valence-electron chi connectivity index (χ3n) is 4.11. The van der Waals surface area contributed by atoms with Gasteiger partial charge in [-0.3, -0.25) is 4.79 Å². The van der Waals surface area contributed by atoms with Crippen molar-refractivity contribution in [1.29, 1.82) is 0 Å². The predicted molar refractivity (Wildman–Crippen MR) is 77.8 cm³/mol. The van der Waals surface area contributed by atoms with E-state index >= 15 is 0 Å². The molecule has 1 aromatic rings. The van der Waals surface area contributed by atoms with Crippen molar-refractivity contribution >= 4 is 5.91 Å². The minimum Gasteiger partial charge on any atom is -0.335 e. The summed E-state index contributed by atoms with van der Waals surface area (Å²) in [6.07, 6.45) is 3.61. The van der Waals surface area contributed by atoms with Gasteiger partial charge in [0.2, 0.25) is 5.91 Å². The molecule has 0 spiro atoms. The molecule has 20 heavy (non-hydrogen) atoms. The summed E-state index contributed by atoms with van der Waals surface area (Å²) in [4.78, 5) is 16.8. The lowest BCUT2D eigenvalue weighted by atomic mass is 9.79. The summed E-state index contributed by atoms with van der Waals surface area (Å²) < 4.78 is 0. The van der Waals surface area contributed by atoms with E-state index < -0.39 is 0 Å². The summed E-state index contributed by atoms with van der Waals surface area (Å²) in [6, 6.07) is 10.1. The van der Waals surface area contributed by atoms with Gasteiger partial charge in [-0.15, -0.1) is 0 Å². The summed E-state index contributed by atoms with van der Waals surface area (Å²) in [5.74, 6) is 0.486. The molecule has 1 atom stereocenters. The zero-order chi connectivity index (χ0) is 14.4. The van der Waals surface area contributed by atoms with Crippen molar-refractivity contribution in [1.82, 2.24) is 4.90 Å². The van der Waals surface area contributed by atoms with Crippen LogP contribution in [0, 0.1) is 5.92 Å². The fourth-order valence-corrected chi connectivity index (χ4v) is 2.60. The molecule has 0 aromatic heterocycles. The first-order chi connectivity index (χ1) is 9.72. The molecule has 1 amide bonds.